The molecule has 0 atom stereocenters. The zero-order valence-corrected chi connectivity index (χ0v) is 9.60. The molecule has 0 radical (unpaired) electrons. The van der Waals surface area contributed by atoms with E-state index in [-0.39, 0.29) is 0 Å². The summed E-state index contributed by atoms with van der Waals surface area (Å²) in [6, 6.07) is 0. The number of ether oxygens (including phenoxy) is 2. The van der Waals surface area contributed by atoms with Gasteiger partial charge in [0.05, 0.1) is 19.2 Å². The highest BCUT2D eigenvalue weighted by atomic mass is 35.5. The number of hydrogen-bond acceptors (Lipinski definition) is 4. The summed E-state index contributed by atoms with van der Waals surface area (Å²) >= 11 is 5.38. The fourth-order valence-corrected chi connectivity index (χ4v) is 1.40. The first-order chi connectivity index (χ1) is 8.30. The van der Waals surface area contributed by atoms with Crippen LogP contribution in [0.4, 0.5) is 17.6 Å². The van der Waals surface area contributed by atoms with E-state index in [1.165, 1.54) is 0 Å². The van der Waals surface area contributed by atoms with Gasteiger partial charge in [-0.25, -0.2) is 14.2 Å². The first kappa shape index (κ1) is 14.5. The molecule has 0 aliphatic carbocycles. The Morgan fingerprint density at radius 2 is 2.11 bits per heavy atom. The molecule has 0 bridgehead atoms. The van der Waals surface area contributed by atoms with Crippen LogP contribution in [0.3, 0.4) is 0 Å². The van der Waals surface area contributed by atoms with E-state index in [9.17, 15) is 22.4 Å². The molecule has 100 valence electrons. The molecule has 18 heavy (non-hydrogen) atoms. The van der Waals surface area contributed by atoms with Crippen molar-refractivity contribution in [3.63, 3.8) is 0 Å². The van der Waals surface area contributed by atoms with Crippen molar-refractivity contribution >= 4 is 17.6 Å². The molecule has 0 amide bonds. The zero-order valence-electron chi connectivity index (χ0n) is 8.85. The van der Waals surface area contributed by atoms with Crippen molar-refractivity contribution in [2.45, 2.75) is 12.2 Å². The molecular formula is C9H6ClF4NO3. The second-order valence-corrected chi connectivity index (χ2v) is 3.21. The number of aromatic nitrogens is 1. The van der Waals surface area contributed by atoms with Gasteiger partial charge in [0.15, 0.2) is 5.82 Å². The summed E-state index contributed by atoms with van der Waals surface area (Å²) < 4.78 is 57.3. The van der Waals surface area contributed by atoms with Gasteiger partial charge < -0.3 is 9.47 Å². The van der Waals surface area contributed by atoms with Gasteiger partial charge in [0, 0.05) is 5.56 Å². The number of carbonyl (C=O) groups is 1. The lowest BCUT2D eigenvalue weighted by atomic mass is 10.1. The van der Waals surface area contributed by atoms with Crippen molar-refractivity contribution in [1.29, 1.82) is 0 Å². The van der Waals surface area contributed by atoms with Crippen molar-refractivity contribution in [3.05, 3.63) is 23.1 Å². The number of methoxy groups -OCH3 is 1. The van der Waals surface area contributed by atoms with Crippen LogP contribution in [0.15, 0.2) is 6.20 Å². The van der Waals surface area contributed by atoms with Crippen LogP contribution in [0.1, 0.15) is 15.9 Å². The Hall–Kier alpha value is -1.57. The first-order valence-electron chi connectivity index (χ1n) is 4.37. The van der Waals surface area contributed by atoms with Gasteiger partial charge in [-0.05, 0) is 0 Å². The summed E-state index contributed by atoms with van der Waals surface area (Å²) in [7, 11) is 0.949. The fraction of sp³-hybridized carbons (Fsp3) is 0.333. The molecule has 1 heterocycles. The molecule has 0 spiro atoms. The lowest BCUT2D eigenvalue weighted by Gasteiger charge is -2.13. The van der Waals surface area contributed by atoms with E-state index >= 15 is 0 Å². The fourth-order valence-electron chi connectivity index (χ4n) is 1.15. The van der Waals surface area contributed by atoms with E-state index in [0.29, 0.717) is 6.20 Å². The minimum absolute atomic E-state index is 0.420. The third-order valence-corrected chi connectivity index (χ3v) is 2.10. The van der Waals surface area contributed by atoms with Gasteiger partial charge in [-0.3, -0.25) is 0 Å². The van der Waals surface area contributed by atoms with Crippen molar-refractivity contribution in [2.75, 3.05) is 7.11 Å². The topological polar surface area (TPSA) is 48.4 Å². The van der Waals surface area contributed by atoms with Crippen molar-refractivity contribution in [1.82, 2.24) is 4.98 Å². The van der Waals surface area contributed by atoms with Crippen LogP contribution in [-0.4, -0.2) is 24.4 Å². The zero-order chi connectivity index (χ0) is 13.9. The highest BCUT2D eigenvalue weighted by Gasteiger charge is 2.34. The van der Waals surface area contributed by atoms with Gasteiger partial charge in [-0.1, -0.05) is 0 Å². The number of esters is 1. The Bertz CT molecular complexity index is 464. The van der Waals surface area contributed by atoms with Crippen LogP contribution in [0, 0.1) is 5.82 Å². The van der Waals surface area contributed by atoms with Gasteiger partial charge in [0.25, 0.3) is 0 Å². The number of pyridine rings is 1. The monoisotopic (exact) mass is 287 g/mol. The Labute approximate surface area is 103 Å². The average Bonchev–Trinajstić information content (AvgIpc) is 2.28. The smallest absolute Gasteiger partial charge is 0.465 e. The molecule has 0 fully saturated rings. The summed E-state index contributed by atoms with van der Waals surface area (Å²) in [4.78, 5) is 14.3. The first-order valence-corrected chi connectivity index (χ1v) is 4.91. The normalized spacial score (nSPS) is 11.2. The number of rotatable bonds is 3. The molecule has 0 saturated carbocycles. The van der Waals surface area contributed by atoms with Gasteiger partial charge in [0.2, 0.25) is 5.88 Å². The van der Waals surface area contributed by atoms with Crippen LogP contribution in [0.2, 0.25) is 0 Å². The van der Waals surface area contributed by atoms with E-state index in [2.05, 4.69) is 14.5 Å². The maximum absolute atomic E-state index is 13.3. The van der Waals surface area contributed by atoms with E-state index in [1.54, 1.807) is 0 Å². The lowest BCUT2D eigenvalue weighted by Crippen LogP contribution is -2.20. The lowest BCUT2D eigenvalue weighted by molar-refractivity contribution is -0.276. The average molecular weight is 288 g/mol. The highest BCUT2D eigenvalue weighted by Crippen LogP contribution is 2.29. The van der Waals surface area contributed by atoms with Crippen LogP contribution >= 0.6 is 11.6 Å². The molecule has 0 aliphatic heterocycles. The van der Waals surface area contributed by atoms with Gasteiger partial charge in [-0.2, -0.15) is 0 Å². The SMILES string of the molecule is COC(=O)c1c(F)cnc(OC(F)(F)F)c1CCl. The van der Waals surface area contributed by atoms with Crippen LogP contribution < -0.4 is 4.74 Å². The summed E-state index contributed by atoms with van der Waals surface area (Å²) in [5.74, 6) is -3.90. The standard InChI is InChI=1S/C9H6ClF4NO3/c1-17-8(16)6-4(2-10)7(15-3-5(6)11)18-9(12,13)14/h3H,2H2,1H3. The number of carbonyl (C=O) groups excluding carboxylic acids is 1. The summed E-state index contributed by atoms with van der Waals surface area (Å²) in [6.07, 6.45) is -4.61. The van der Waals surface area contributed by atoms with E-state index in [1.807, 2.05) is 0 Å². The Balaban J connectivity index is 3.34. The third-order valence-electron chi connectivity index (χ3n) is 1.83. The summed E-state index contributed by atoms with van der Waals surface area (Å²) in [6.45, 7) is 0. The minimum atomic E-state index is -5.03. The molecule has 1 aromatic heterocycles. The van der Waals surface area contributed by atoms with E-state index < -0.39 is 41.0 Å². The van der Waals surface area contributed by atoms with Gasteiger partial charge >= 0.3 is 12.3 Å². The molecule has 0 N–H and O–H groups in total. The maximum Gasteiger partial charge on any atom is 0.574 e. The largest absolute Gasteiger partial charge is 0.574 e. The van der Waals surface area contributed by atoms with Gasteiger partial charge in [0.1, 0.15) is 5.56 Å². The minimum Gasteiger partial charge on any atom is -0.465 e. The molecule has 1 rings (SSSR count). The molecule has 1 aromatic rings. The predicted octanol–water partition coefficient (Wildman–Crippen LogP) is 2.64. The van der Waals surface area contributed by atoms with E-state index in [0.717, 1.165) is 7.11 Å². The maximum atomic E-state index is 13.3. The Morgan fingerprint density at radius 3 is 2.56 bits per heavy atom. The molecule has 0 unspecified atom stereocenters. The molecule has 0 saturated heterocycles. The molecular weight excluding hydrogens is 282 g/mol. The second-order valence-electron chi connectivity index (χ2n) is 2.94. The Morgan fingerprint density at radius 1 is 1.50 bits per heavy atom. The van der Waals surface area contributed by atoms with Crippen molar-refractivity contribution in [3.8, 4) is 5.88 Å². The second kappa shape index (κ2) is 5.38. The molecule has 9 heteroatoms. The third kappa shape index (κ3) is 3.22. The number of halogens is 5. The van der Waals surface area contributed by atoms with Crippen LogP contribution in [-0.2, 0) is 10.6 Å². The summed E-state index contributed by atoms with van der Waals surface area (Å²) in [5, 5.41) is 0. The molecule has 0 aliphatic rings. The van der Waals surface area contributed by atoms with Crippen LogP contribution in [0.25, 0.3) is 0 Å². The van der Waals surface area contributed by atoms with Gasteiger partial charge in [-0.15, -0.1) is 24.8 Å². The van der Waals surface area contributed by atoms with Crippen molar-refractivity contribution < 1.29 is 31.8 Å². The highest BCUT2D eigenvalue weighted by molar-refractivity contribution is 6.18. The summed E-state index contributed by atoms with van der Waals surface area (Å²) in [5.41, 5.74) is -1.26. The quantitative estimate of drug-likeness (QED) is 0.487. The number of alkyl halides is 4. The Kier molecular flexibility index (Phi) is 4.33. The predicted molar refractivity (Wildman–Crippen MR) is 51.8 cm³/mol. The molecule has 4 nitrogen and oxygen atoms in total. The van der Waals surface area contributed by atoms with Crippen LogP contribution in [0.5, 0.6) is 5.88 Å². The number of nitrogens with zero attached hydrogens (tertiary/aromatic N) is 1. The van der Waals surface area contributed by atoms with Crippen molar-refractivity contribution in [2.24, 2.45) is 0 Å². The number of hydrogen-bond donors (Lipinski definition) is 0. The molecule has 0 aromatic carbocycles. The van der Waals surface area contributed by atoms with E-state index in [4.69, 9.17) is 11.6 Å².